The lowest BCUT2D eigenvalue weighted by molar-refractivity contribution is 0.392. The van der Waals surface area contributed by atoms with Gasteiger partial charge < -0.3 is 0 Å². The Balaban J connectivity index is 3.51. The van der Waals surface area contributed by atoms with Crippen LogP contribution in [0.2, 0.25) is 0 Å². The molecule has 2 unspecified atom stereocenters. The molecule has 3 N–H and O–H groups in total. The van der Waals surface area contributed by atoms with E-state index in [1.807, 2.05) is 11.8 Å². The van der Waals surface area contributed by atoms with E-state index >= 15 is 0 Å². The summed E-state index contributed by atoms with van der Waals surface area (Å²) in [6.07, 6.45) is 5.77. The standard InChI is InChI=1S/C9H22N2S/c1-4-8(2)7-9(11-10)5-6-12-3/h8-9,11H,4-7,10H2,1-3H3. The van der Waals surface area contributed by atoms with Crippen LogP contribution < -0.4 is 11.3 Å². The highest BCUT2D eigenvalue weighted by Crippen LogP contribution is 2.12. The zero-order chi connectivity index (χ0) is 9.40. The first kappa shape index (κ1) is 12.3. The summed E-state index contributed by atoms with van der Waals surface area (Å²) in [6, 6.07) is 0.507. The van der Waals surface area contributed by atoms with E-state index in [1.165, 1.54) is 25.0 Å². The van der Waals surface area contributed by atoms with Gasteiger partial charge in [0, 0.05) is 6.04 Å². The predicted octanol–water partition coefficient (Wildman–Crippen LogP) is 2.01. The molecular weight excluding hydrogens is 168 g/mol. The first-order valence-electron chi connectivity index (χ1n) is 4.69. The van der Waals surface area contributed by atoms with Gasteiger partial charge >= 0.3 is 0 Å². The summed E-state index contributed by atoms with van der Waals surface area (Å²) in [5.41, 5.74) is 2.89. The van der Waals surface area contributed by atoms with Crippen molar-refractivity contribution >= 4 is 11.8 Å². The molecule has 0 aromatic carbocycles. The van der Waals surface area contributed by atoms with E-state index in [9.17, 15) is 0 Å². The normalized spacial score (nSPS) is 16.0. The van der Waals surface area contributed by atoms with E-state index in [0.29, 0.717) is 6.04 Å². The lowest BCUT2D eigenvalue weighted by atomic mass is 9.98. The molecule has 0 fully saturated rings. The highest BCUT2D eigenvalue weighted by atomic mass is 32.2. The third-order valence-corrected chi connectivity index (χ3v) is 2.93. The first-order valence-corrected chi connectivity index (χ1v) is 6.09. The van der Waals surface area contributed by atoms with Gasteiger partial charge in [-0.25, -0.2) is 0 Å². The van der Waals surface area contributed by atoms with Crippen LogP contribution in [0.15, 0.2) is 0 Å². The van der Waals surface area contributed by atoms with Gasteiger partial charge in [-0.15, -0.1) is 0 Å². The van der Waals surface area contributed by atoms with E-state index in [1.54, 1.807) is 0 Å². The third-order valence-electron chi connectivity index (χ3n) is 2.29. The number of nitrogens with two attached hydrogens (primary N) is 1. The lowest BCUT2D eigenvalue weighted by Gasteiger charge is -2.18. The molecule has 0 aromatic heterocycles. The second-order valence-corrected chi connectivity index (χ2v) is 4.38. The lowest BCUT2D eigenvalue weighted by Crippen LogP contribution is -2.36. The van der Waals surface area contributed by atoms with Crippen molar-refractivity contribution in [2.24, 2.45) is 11.8 Å². The minimum atomic E-state index is 0.507. The second kappa shape index (κ2) is 7.90. The summed E-state index contributed by atoms with van der Waals surface area (Å²) in [6.45, 7) is 4.51. The highest BCUT2D eigenvalue weighted by molar-refractivity contribution is 7.98. The Morgan fingerprint density at radius 3 is 2.58 bits per heavy atom. The average Bonchev–Trinajstić information content (AvgIpc) is 2.11. The van der Waals surface area contributed by atoms with Crippen molar-refractivity contribution in [3.8, 4) is 0 Å². The van der Waals surface area contributed by atoms with Crippen LogP contribution in [-0.4, -0.2) is 18.1 Å². The van der Waals surface area contributed by atoms with Crippen LogP contribution in [0.5, 0.6) is 0 Å². The Morgan fingerprint density at radius 1 is 1.50 bits per heavy atom. The number of nitrogens with one attached hydrogen (secondary N) is 1. The molecule has 3 heteroatoms. The third kappa shape index (κ3) is 5.86. The van der Waals surface area contributed by atoms with Gasteiger partial charge in [0.05, 0.1) is 0 Å². The number of hydrogen-bond donors (Lipinski definition) is 2. The Morgan fingerprint density at radius 2 is 2.17 bits per heavy atom. The van der Waals surface area contributed by atoms with Gasteiger partial charge in [0.1, 0.15) is 0 Å². The monoisotopic (exact) mass is 190 g/mol. The minimum Gasteiger partial charge on any atom is -0.271 e. The summed E-state index contributed by atoms with van der Waals surface area (Å²) in [5, 5.41) is 0. The Labute approximate surface area is 80.6 Å². The van der Waals surface area contributed by atoms with Crippen LogP contribution in [0.25, 0.3) is 0 Å². The van der Waals surface area contributed by atoms with Crippen molar-refractivity contribution in [2.75, 3.05) is 12.0 Å². The van der Waals surface area contributed by atoms with E-state index in [-0.39, 0.29) is 0 Å². The molecule has 0 saturated carbocycles. The van der Waals surface area contributed by atoms with Crippen LogP contribution in [0, 0.1) is 5.92 Å². The van der Waals surface area contributed by atoms with E-state index < -0.39 is 0 Å². The van der Waals surface area contributed by atoms with Crippen molar-refractivity contribution in [3.63, 3.8) is 0 Å². The molecule has 0 aliphatic rings. The van der Waals surface area contributed by atoms with Crippen molar-refractivity contribution in [2.45, 2.75) is 39.2 Å². The molecule has 74 valence electrons. The minimum absolute atomic E-state index is 0.507. The van der Waals surface area contributed by atoms with Gasteiger partial charge in [-0.2, -0.15) is 11.8 Å². The number of rotatable bonds is 7. The van der Waals surface area contributed by atoms with Crippen LogP contribution >= 0.6 is 11.8 Å². The Hall–Kier alpha value is 0.270. The molecule has 0 spiro atoms. The molecule has 0 amide bonds. The molecule has 0 rings (SSSR count). The van der Waals surface area contributed by atoms with Gasteiger partial charge in [0.15, 0.2) is 0 Å². The summed E-state index contributed by atoms with van der Waals surface area (Å²) in [4.78, 5) is 0. The topological polar surface area (TPSA) is 38.0 Å². The van der Waals surface area contributed by atoms with Crippen molar-refractivity contribution in [3.05, 3.63) is 0 Å². The van der Waals surface area contributed by atoms with Gasteiger partial charge in [0.25, 0.3) is 0 Å². The second-order valence-electron chi connectivity index (χ2n) is 3.39. The van der Waals surface area contributed by atoms with Gasteiger partial charge in [0.2, 0.25) is 0 Å². The van der Waals surface area contributed by atoms with Crippen LogP contribution in [0.3, 0.4) is 0 Å². The van der Waals surface area contributed by atoms with Crippen molar-refractivity contribution < 1.29 is 0 Å². The van der Waals surface area contributed by atoms with Crippen molar-refractivity contribution in [1.82, 2.24) is 5.43 Å². The molecule has 2 atom stereocenters. The van der Waals surface area contributed by atoms with Crippen LogP contribution in [0.1, 0.15) is 33.1 Å². The van der Waals surface area contributed by atoms with E-state index in [4.69, 9.17) is 5.84 Å². The predicted molar refractivity (Wildman–Crippen MR) is 58.2 cm³/mol. The zero-order valence-corrected chi connectivity index (χ0v) is 9.29. The molecule has 0 heterocycles. The smallest absolute Gasteiger partial charge is 0.0220 e. The van der Waals surface area contributed by atoms with Gasteiger partial charge in [-0.05, 0) is 30.8 Å². The van der Waals surface area contributed by atoms with Gasteiger partial charge in [-0.3, -0.25) is 11.3 Å². The first-order chi connectivity index (χ1) is 5.74. The fraction of sp³-hybridized carbons (Fsp3) is 1.00. The van der Waals surface area contributed by atoms with E-state index in [2.05, 4.69) is 25.5 Å². The molecule has 12 heavy (non-hydrogen) atoms. The van der Waals surface area contributed by atoms with E-state index in [0.717, 1.165) is 5.92 Å². The molecule has 2 nitrogen and oxygen atoms in total. The zero-order valence-electron chi connectivity index (χ0n) is 8.47. The Kier molecular flexibility index (Phi) is 8.07. The van der Waals surface area contributed by atoms with Gasteiger partial charge in [-0.1, -0.05) is 20.3 Å². The maximum Gasteiger partial charge on any atom is 0.0220 e. The number of thioether (sulfide) groups is 1. The molecule has 0 saturated heterocycles. The SMILES string of the molecule is CCC(C)CC(CCSC)NN. The fourth-order valence-electron chi connectivity index (χ4n) is 1.18. The number of hydrazine groups is 1. The molecule has 0 radical (unpaired) electrons. The number of hydrogen-bond acceptors (Lipinski definition) is 3. The average molecular weight is 190 g/mol. The van der Waals surface area contributed by atoms with Crippen molar-refractivity contribution in [1.29, 1.82) is 0 Å². The molecule has 0 aliphatic heterocycles. The van der Waals surface area contributed by atoms with Crippen LogP contribution in [-0.2, 0) is 0 Å². The van der Waals surface area contributed by atoms with Crippen LogP contribution in [0.4, 0.5) is 0 Å². The quantitative estimate of drug-likeness (QED) is 0.476. The molecule has 0 bridgehead atoms. The molecule has 0 aliphatic carbocycles. The summed E-state index contributed by atoms with van der Waals surface area (Å²) in [7, 11) is 0. The fourth-order valence-corrected chi connectivity index (χ4v) is 1.70. The Bertz CT molecular complexity index is 98.5. The summed E-state index contributed by atoms with van der Waals surface area (Å²) >= 11 is 1.88. The maximum atomic E-state index is 5.46. The molecular formula is C9H22N2S. The maximum absolute atomic E-state index is 5.46. The molecule has 0 aromatic rings. The summed E-state index contributed by atoms with van der Waals surface area (Å²) in [5.74, 6) is 7.44. The largest absolute Gasteiger partial charge is 0.271 e. The highest BCUT2D eigenvalue weighted by Gasteiger charge is 2.09. The summed E-state index contributed by atoms with van der Waals surface area (Å²) < 4.78 is 0.